The van der Waals surface area contributed by atoms with Gasteiger partial charge in [0.05, 0.1) is 0 Å². The van der Waals surface area contributed by atoms with E-state index in [0.29, 0.717) is 6.04 Å². The topological polar surface area (TPSA) is 120 Å². The van der Waals surface area contributed by atoms with Crippen LogP contribution >= 0.6 is 12.4 Å². The van der Waals surface area contributed by atoms with Crippen molar-refractivity contribution in [3.63, 3.8) is 0 Å². The third-order valence-corrected chi connectivity index (χ3v) is 6.05. The second kappa shape index (κ2) is 8.42. The first-order valence-corrected chi connectivity index (χ1v) is 9.05. The average molecular weight is 428 g/mol. The van der Waals surface area contributed by atoms with Crippen LogP contribution in [0.15, 0.2) is 4.52 Å². The molecule has 4 N–H and O–H groups in total. The molecule has 160 valence electrons. The number of fused-ring (bicyclic) bond motifs is 2. The van der Waals surface area contributed by atoms with Gasteiger partial charge in [-0.25, -0.2) is 0 Å². The highest BCUT2D eigenvalue weighted by Gasteiger charge is 2.46. The SMILES string of the molecule is Cl.NC(=O)C1CCN(C2C[C@H]3CC[C@@H](C2)N3c2nc(C(F)(F)F)no2)CC1.O. The summed E-state index contributed by atoms with van der Waals surface area (Å²) in [5, 5.41) is 3.09. The lowest BCUT2D eigenvalue weighted by atomic mass is 9.91. The van der Waals surface area contributed by atoms with Crippen molar-refractivity contribution >= 4 is 24.3 Å². The summed E-state index contributed by atoms with van der Waals surface area (Å²) >= 11 is 0. The number of rotatable bonds is 3. The molecule has 1 aromatic rings. The van der Waals surface area contributed by atoms with Crippen LogP contribution in [-0.2, 0) is 11.0 Å². The Morgan fingerprint density at radius 2 is 1.64 bits per heavy atom. The smallest absolute Gasteiger partial charge is 0.412 e. The van der Waals surface area contributed by atoms with E-state index in [1.165, 1.54) is 0 Å². The predicted octanol–water partition coefficient (Wildman–Crippen LogP) is 1.38. The number of aromatic nitrogens is 2. The highest BCUT2D eigenvalue weighted by molar-refractivity contribution is 5.85. The van der Waals surface area contributed by atoms with Gasteiger partial charge in [-0.05, 0) is 56.8 Å². The number of carbonyl (C=O) groups is 1. The number of likely N-dealkylation sites (tertiary alicyclic amines) is 1. The molecule has 12 heteroatoms. The number of amides is 1. The molecular weight excluding hydrogens is 403 g/mol. The number of carbonyl (C=O) groups excluding carboxylic acids is 1. The maximum atomic E-state index is 12.7. The number of anilines is 1. The molecule has 4 rings (SSSR count). The lowest BCUT2D eigenvalue weighted by molar-refractivity contribution is -0.146. The molecule has 3 fully saturated rings. The number of hydrogen-bond donors (Lipinski definition) is 1. The number of piperidine rings is 2. The minimum absolute atomic E-state index is 0. The Balaban J connectivity index is 0.00000140. The quantitative estimate of drug-likeness (QED) is 0.778. The van der Waals surface area contributed by atoms with E-state index in [0.717, 1.165) is 51.6 Å². The van der Waals surface area contributed by atoms with E-state index in [1.54, 1.807) is 0 Å². The van der Waals surface area contributed by atoms with Crippen molar-refractivity contribution in [2.75, 3.05) is 18.0 Å². The summed E-state index contributed by atoms with van der Waals surface area (Å²) in [5.41, 5.74) is 5.39. The van der Waals surface area contributed by atoms with E-state index in [-0.39, 0.29) is 47.8 Å². The fraction of sp³-hybridized carbons (Fsp3) is 0.812. The molecule has 0 aromatic carbocycles. The Morgan fingerprint density at radius 3 is 2.11 bits per heavy atom. The summed E-state index contributed by atoms with van der Waals surface area (Å²) in [6, 6.07) is 0.599. The molecule has 1 aromatic heterocycles. The summed E-state index contributed by atoms with van der Waals surface area (Å²) < 4.78 is 43.1. The molecule has 2 bridgehead atoms. The van der Waals surface area contributed by atoms with E-state index in [4.69, 9.17) is 10.3 Å². The molecule has 3 aliphatic heterocycles. The summed E-state index contributed by atoms with van der Waals surface area (Å²) in [4.78, 5) is 19.2. The molecule has 8 nitrogen and oxygen atoms in total. The third-order valence-electron chi connectivity index (χ3n) is 6.05. The first-order valence-electron chi connectivity index (χ1n) is 9.05. The Bertz CT molecular complexity index is 667. The molecule has 0 aliphatic carbocycles. The minimum atomic E-state index is -4.59. The van der Waals surface area contributed by atoms with Crippen molar-refractivity contribution in [1.29, 1.82) is 0 Å². The molecule has 0 saturated carbocycles. The molecule has 0 radical (unpaired) electrons. The molecule has 3 aliphatic rings. The highest BCUT2D eigenvalue weighted by atomic mass is 35.5. The van der Waals surface area contributed by atoms with Crippen LogP contribution in [0.2, 0.25) is 0 Å². The molecule has 28 heavy (non-hydrogen) atoms. The number of nitrogens with two attached hydrogens (primary N) is 1. The van der Waals surface area contributed by atoms with Crippen LogP contribution in [0, 0.1) is 5.92 Å². The van der Waals surface area contributed by atoms with Gasteiger partial charge in [0.15, 0.2) is 0 Å². The van der Waals surface area contributed by atoms with Crippen LogP contribution in [-0.4, -0.2) is 57.6 Å². The van der Waals surface area contributed by atoms with Crippen LogP contribution < -0.4 is 10.6 Å². The summed E-state index contributed by atoms with van der Waals surface area (Å²) in [7, 11) is 0. The van der Waals surface area contributed by atoms with Gasteiger partial charge in [0.25, 0.3) is 5.82 Å². The summed E-state index contributed by atoms with van der Waals surface area (Å²) in [6.45, 7) is 1.69. The van der Waals surface area contributed by atoms with Gasteiger partial charge < -0.3 is 25.5 Å². The number of halogens is 4. The maximum absolute atomic E-state index is 12.7. The monoisotopic (exact) mass is 427 g/mol. The number of nitrogens with zero attached hydrogens (tertiary/aromatic N) is 4. The fourth-order valence-corrected chi connectivity index (χ4v) is 4.74. The zero-order valence-electron chi connectivity index (χ0n) is 15.2. The van der Waals surface area contributed by atoms with Gasteiger partial charge in [-0.1, -0.05) is 0 Å². The Hall–Kier alpha value is -1.59. The van der Waals surface area contributed by atoms with E-state index >= 15 is 0 Å². The van der Waals surface area contributed by atoms with Crippen molar-refractivity contribution < 1.29 is 28.0 Å². The lowest BCUT2D eigenvalue weighted by Gasteiger charge is -2.44. The minimum Gasteiger partial charge on any atom is -0.412 e. The molecule has 3 saturated heterocycles. The Labute approximate surface area is 166 Å². The van der Waals surface area contributed by atoms with Gasteiger partial charge in [-0.3, -0.25) is 4.79 Å². The molecule has 1 amide bonds. The second-order valence-electron chi connectivity index (χ2n) is 7.53. The van der Waals surface area contributed by atoms with Crippen molar-refractivity contribution in [2.24, 2.45) is 11.7 Å². The molecular formula is C16H25ClF3N5O3. The van der Waals surface area contributed by atoms with Crippen LogP contribution in [0.3, 0.4) is 0 Å². The highest BCUT2D eigenvalue weighted by Crippen LogP contribution is 2.41. The summed E-state index contributed by atoms with van der Waals surface area (Å²) in [6.07, 6.45) is 0.533. The molecule has 4 heterocycles. The first-order chi connectivity index (χ1) is 12.3. The maximum Gasteiger partial charge on any atom is 0.455 e. The van der Waals surface area contributed by atoms with Crippen LogP contribution in [0.5, 0.6) is 0 Å². The van der Waals surface area contributed by atoms with Crippen LogP contribution in [0.1, 0.15) is 44.3 Å². The van der Waals surface area contributed by atoms with Crippen molar-refractivity contribution in [3.8, 4) is 0 Å². The van der Waals surface area contributed by atoms with E-state index in [2.05, 4.69) is 15.0 Å². The van der Waals surface area contributed by atoms with Crippen LogP contribution in [0.25, 0.3) is 0 Å². The van der Waals surface area contributed by atoms with Gasteiger partial charge >= 0.3 is 12.2 Å². The second-order valence-corrected chi connectivity index (χ2v) is 7.53. The largest absolute Gasteiger partial charge is 0.455 e. The van der Waals surface area contributed by atoms with Crippen LogP contribution in [0.4, 0.5) is 19.2 Å². The number of hydrogen-bond acceptors (Lipinski definition) is 6. The zero-order valence-corrected chi connectivity index (χ0v) is 16.0. The summed E-state index contributed by atoms with van der Waals surface area (Å²) in [5.74, 6) is -1.49. The molecule has 0 spiro atoms. The van der Waals surface area contributed by atoms with Gasteiger partial charge in [-0.15, -0.1) is 12.4 Å². The van der Waals surface area contributed by atoms with Gasteiger partial charge in [0, 0.05) is 24.0 Å². The normalized spacial score (nSPS) is 28.5. The van der Waals surface area contributed by atoms with Gasteiger partial charge in [-0.2, -0.15) is 18.2 Å². The van der Waals surface area contributed by atoms with Crippen molar-refractivity contribution in [1.82, 2.24) is 15.0 Å². The van der Waals surface area contributed by atoms with Gasteiger partial charge in [0.1, 0.15) is 0 Å². The van der Waals surface area contributed by atoms with E-state index in [9.17, 15) is 18.0 Å². The van der Waals surface area contributed by atoms with E-state index < -0.39 is 12.0 Å². The van der Waals surface area contributed by atoms with Crippen molar-refractivity contribution in [3.05, 3.63) is 5.82 Å². The third kappa shape index (κ3) is 4.20. The fourth-order valence-electron chi connectivity index (χ4n) is 4.74. The van der Waals surface area contributed by atoms with Crippen molar-refractivity contribution in [2.45, 2.75) is 62.8 Å². The standard InChI is InChI=1S/C16H22F3N5O2.ClH.H2O/c17-16(18,19)14-21-15(26-22-14)24-10-1-2-11(24)8-12(7-10)23-5-3-9(4-6-23)13(20)25;;/h9-12H,1-8H2,(H2,20,25);1H;1H2/t10-,11+,12?;;. The number of primary amides is 1. The predicted molar refractivity (Wildman–Crippen MR) is 96.0 cm³/mol. The van der Waals surface area contributed by atoms with Gasteiger partial charge in [0.2, 0.25) is 5.91 Å². The average Bonchev–Trinajstić information content (AvgIpc) is 3.17. The molecule has 3 atom stereocenters. The first kappa shape index (κ1) is 22.7. The zero-order chi connectivity index (χ0) is 18.5. The Kier molecular flexibility index (Phi) is 6.82. The lowest BCUT2D eigenvalue weighted by Crippen LogP contribution is -2.53. The van der Waals surface area contributed by atoms with E-state index in [1.807, 2.05) is 4.90 Å². The number of alkyl halides is 3. The molecule has 1 unspecified atom stereocenters. The Morgan fingerprint density at radius 1 is 1.07 bits per heavy atom.